The van der Waals surface area contributed by atoms with Crippen molar-refractivity contribution in [1.29, 1.82) is 0 Å². The number of alkyl halides is 3. The summed E-state index contributed by atoms with van der Waals surface area (Å²) < 4.78 is 39.0. The third-order valence-corrected chi connectivity index (χ3v) is 3.78. The van der Waals surface area contributed by atoms with Crippen LogP contribution < -0.4 is 0 Å². The first-order valence-corrected chi connectivity index (χ1v) is 6.12. The molecule has 1 N–H and O–H groups in total. The number of hydrogen-bond acceptors (Lipinski definition) is 2. The predicted octanol–water partition coefficient (Wildman–Crippen LogP) is 2.73. The van der Waals surface area contributed by atoms with Gasteiger partial charge in [0.1, 0.15) is 5.41 Å². The highest BCUT2D eigenvalue weighted by Gasteiger charge is 2.46. The van der Waals surface area contributed by atoms with Crippen molar-refractivity contribution in [1.82, 2.24) is 9.78 Å². The molecule has 1 aliphatic rings. The maximum atomic E-state index is 12.7. The lowest BCUT2D eigenvalue weighted by molar-refractivity contribution is -0.146. The molecule has 1 aromatic heterocycles. The van der Waals surface area contributed by atoms with Crippen LogP contribution >= 0.6 is 0 Å². The minimum atomic E-state index is -4.55. The van der Waals surface area contributed by atoms with Crippen LogP contribution in [-0.2, 0) is 23.4 Å². The van der Waals surface area contributed by atoms with E-state index in [0.29, 0.717) is 25.7 Å². The number of nitrogens with zero attached hydrogens (tertiary/aromatic N) is 2. The average Bonchev–Trinajstić information content (AvgIpc) is 2.72. The van der Waals surface area contributed by atoms with Crippen molar-refractivity contribution < 1.29 is 23.1 Å². The minimum Gasteiger partial charge on any atom is -0.481 e. The van der Waals surface area contributed by atoms with Crippen LogP contribution in [0.2, 0.25) is 0 Å². The Bertz CT molecular complexity index is 488. The van der Waals surface area contributed by atoms with Crippen LogP contribution in [0, 0.1) is 0 Å². The number of hydrogen-bond donors (Lipinski definition) is 1. The Labute approximate surface area is 108 Å². The van der Waals surface area contributed by atoms with Crippen molar-refractivity contribution in [3.05, 3.63) is 17.5 Å². The lowest BCUT2D eigenvalue weighted by atomic mass is 9.71. The molecule has 106 valence electrons. The molecule has 0 radical (unpaired) electrons. The molecule has 1 fully saturated rings. The van der Waals surface area contributed by atoms with E-state index in [0.717, 1.165) is 17.2 Å². The summed E-state index contributed by atoms with van der Waals surface area (Å²) in [5.41, 5.74) is -2.12. The van der Waals surface area contributed by atoms with Gasteiger partial charge >= 0.3 is 12.1 Å². The summed E-state index contributed by atoms with van der Waals surface area (Å²) in [6.45, 7) is 0. The van der Waals surface area contributed by atoms with Gasteiger partial charge in [0.05, 0.1) is 5.69 Å². The maximum absolute atomic E-state index is 12.7. The van der Waals surface area contributed by atoms with Gasteiger partial charge in [0.25, 0.3) is 0 Å². The van der Waals surface area contributed by atoms with Gasteiger partial charge in [0, 0.05) is 7.05 Å². The molecule has 7 heteroatoms. The number of carbonyl (C=O) groups is 1. The van der Waals surface area contributed by atoms with Crippen molar-refractivity contribution in [3.8, 4) is 0 Å². The lowest BCUT2D eigenvalue weighted by Gasteiger charge is -2.33. The van der Waals surface area contributed by atoms with Crippen LogP contribution in [0.1, 0.15) is 43.5 Å². The summed E-state index contributed by atoms with van der Waals surface area (Å²) in [6, 6.07) is 0.874. The van der Waals surface area contributed by atoms with Crippen LogP contribution in [0.4, 0.5) is 13.2 Å². The van der Waals surface area contributed by atoms with Crippen molar-refractivity contribution in [2.45, 2.75) is 43.7 Å². The smallest absolute Gasteiger partial charge is 0.435 e. The van der Waals surface area contributed by atoms with Crippen molar-refractivity contribution in [2.75, 3.05) is 0 Å². The number of aromatic nitrogens is 2. The number of carboxylic acids is 1. The molecule has 1 saturated carbocycles. The fraction of sp³-hybridized carbons (Fsp3) is 0.667. The molecule has 19 heavy (non-hydrogen) atoms. The third kappa shape index (κ3) is 2.33. The van der Waals surface area contributed by atoms with Gasteiger partial charge < -0.3 is 5.11 Å². The van der Waals surface area contributed by atoms with E-state index in [1.807, 2.05) is 0 Å². The lowest BCUT2D eigenvalue weighted by Crippen LogP contribution is -2.39. The first kappa shape index (κ1) is 13.9. The fourth-order valence-electron chi connectivity index (χ4n) is 2.79. The third-order valence-electron chi connectivity index (χ3n) is 3.78. The van der Waals surface area contributed by atoms with E-state index in [1.54, 1.807) is 0 Å². The number of aryl methyl sites for hydroxylation is 1. The Hall–Kier alpha value is -1.53. The van der Waals surface area contributed by atoms with Crippen LogP contribution in [0.15, 0.2) is 6.07 Å². The quantitative estimate of drug-likeness (QED) is 0.903. The highest BCUT2D eigenvalue weighted by molar-refractivity contribution is 5.81. The summed E-state index contributed by atoms with van der Waals surface area (Å²) in [5, 5.41) is 12.9. The van der Waals surface area contributed by atoms with Crippen LogP contribution in [0.3, 0.4) is 0 Å². The summed E-state index contributed by atoms with van der Waals surface area (Å²) in [7, 11) is 1.36. The zero-order chi connectivity index (χ0) is 14.3. The molecule has 1 aromatic rings. The summed E-state index contributed by atoms with van der Waals surface area (Å²) in [4.78, 5) is 11.6. The largest absolute Gasteiger partial charge is 0.481 e. The van der Waals surface area contributed by atoms with E-state index < -0.39 is 23.3 Å². The SMILES string of the molecule is Cn1nc(C(F)(F)F)cc1C1(C(=O)O)CCCCC1. The molecule has 0 spiro atoms. The molecule has 0 atom stereocenters. The van der Waals surface area contributed by atoms with E-state index in [1.165, 1.54) is 7.05 Å². The normalized spacial score (nSPS) is 19.4. The number of carboxylic acid groups (broad SMARTS) is 1. The average molecular weight is 276 g/mol. The Morgan fingerprint density at radius 3 is 2.37 bits per heavy atom. The Kier molecular flexibility index (Phi) is 3.32. The van der Waals surface area contributed by atoms with Crippen molar-refractivity contribution in [2.24, 2.45) is 7.05 Å². The van der Waals surface area contributed by atoms with Crippen LogP contribution in [-0.4, -0.2) is 20.9 Å². The fourth-order valence-corrected chi connectivity index (χ4v) is 2.79. The summed E-state index contributed by atoms with van der Waals surface area (Å²) >= 11 is 0. The highest BCUT2D eigenvalue weighted by atomic mass is 19.4. The Morgan fingerprint density at radius 2 is 1.95 bits per heavy atom. The van der Waals surface area contributed by atoms with Gasteiger partial charge in [0.2, 0.25) is 0 Å². The topological polar surface area (TPSA) is 55.1 Å². The second-order valence-corrected chi connectivity index (χ2v) is 4.98. The molecule has 2 rings (SSSR count). The number of aliphatic carboxylic acids is 1. The van der Waals surface area contributed by atoms with Gasteiger partial charge in [-0.15, -0.1) is 0 Å². The zero-order valence-electron chi connectivity index (χ0n) is 10.5. The minimum absolute atomic E-state index is 0.145. The maximum Gasteiger partial charge on any atom is 0.435 e. The van der Waals surface area contributed by atoms with Gasteiger partial charge in [-0.05, 0) is 18.9 Å². The molecule has 4 nitrogen and oxygen atoms in total. The van der Waals surface area contributed by atoms with Crippen molar-refractivity contribution in [3.63, 3.8) is 0 Å². The van der Waals surface area contributed by atoms with E-state index in [2.05, 4.69) is 5.10 Å². The van der Waals surface area contributed by atoms with Gasteiger partial charge in [-0.3, -0.25) is 9.48 Å². The monoisotopic (exact) mass is 276 g/mol. The molecular weight excluding hydrogens is 261 g/mol. The van der Waals surface area contributed by atoms with Crippen LogP contribution in [0.25, 0.3) is 0 Å². The molecule has 0 aliphatic heterocycles. The van der Waals surface area contributed by atoms with E-state index in [-0.39, 0.29) is 5.69 Å². The second kappa shape index (κ2) is 4.54. The standard InChI is InChI=1S/C12H15F3N2O2/c1-17-9(7-8(16-17)12(13,14)15)11(10(18)19)5-3-2-4-6-11/h7H,2-6H2,1H3,(H,18,19). The number of rotatable bonds is 2. The first-order chi connectivity index (χ1) is 8.77. The molecular formula is C12H15F3N2O2. The van der Waals surface area contributed by atoms with Crippen molar-refractivity contribution >= 4 is 5.97 Å². The summed E-state index contributed by atoms with van der Waals surface area (Å²) in [5.74, 6) is -1.07. The second-order valence-electron chi connectivity index (χ2n) is 4.98. The highest BCUT2D eigenvalue weighted by Crippen LogP contribution is 2.41. The van der Waals surface area contributed by atoms with E-state index in [9.17, 15) is 23.1 Å². The number of halogens is 3. The summed E-state index contributed by atoms with van der Waals surface area (Å²) in [6.07, 6.45) is -1.50. The molecule has 0 aromatic carbocycles. The molecule has 0 bridgehead atoms. The predicted molar refractivity (Wildman–Crippen MR) is 60.6 cm³/mol. The first-order valence-electron chi connectivity index (χ1n) is 6.12. The van der Waals surface area contributed by atoms with Gasteiger partial charge in [-0.2, -0.15) is 18.3 Å². The van der Waals surface area contributed by atoms with Crippen LogP contribution in [0.5, 0.6) is 0 Å². The van der Waals surface area contributed by atoms with E-state index >= 15 is 0 Å². The van der Waals surface area contributed by atoms with Gasteiger partial charge in [-0.25, -0.2) is 0 Å². The Balaban J connectivity index is 2.49. The molecule has 1 aliphatic carbocycles. The zero-order valence-corrected chi connectivity index (χ0v) is 10.5. The van der Waals surface area contributed by atoms with Gasteiger partial charge in [0.15, 0.2) is 5.69 Å². The molecule has 0 amide bonds. The molecule has 0 saturated heterocycles. The van der Waals surface area contributed by atoms with Gasteiger partial charge in [-0.1, -0.05) is 19.3 Å². The molecule has 1 heterocycles. The van der Waals surface area contributed by atoms with E-state index in [4.69, 9.17) is 0 Å². The Morgan fingerprint density at radius 1 is 1.37 bits per heavy atom. The molecule has 0 unspecified atom stereocenters.